The molecule has 0 unspecified atom stereocenters. The van der Waals surface area contributed by atoms with Crippen LogP contribution in [0.15, 0.2) is 77.9 Å². The molecule has 2 aliphatic carbocycles. The number of carbonyl (C=O) groups excluding carboxylic acids is 2. The molecule has 2 aromatic rings. The highest BCUT2D eigenvalue weighted by molar-refractivity contribution is 6.24. The van der Waals surface area contributed by atoms with Gasteiger partial charge in [-0.1, -0.05) is 71.8 Å². The van der Waals surface area contributed by atoms with Crippen molar-refractivity contribution < 1.29 is 9.59 Å². The lowest BCUT2D eigenvalue weighted by Crippen LogP contribution is -2.33. The van der Waals surface area contributed by atoms with Gasteiger partial charge in [-0.2, -0.15) is 0 Å². The quantitative estimate of drug-likeness (QED) is 0.583. The molecule has 0 N–H and O–H groups in total. The van der Waals surface area contributed by atoms with Gasteiger partial charge in [-0.05, 0) is 25.5 Å². The number of fused-ring (bicyclic) bond motifs is 5. The van der Waals surface area contributed by atoms with Crippen LogP contribution in [-0.2, 0) is 9.59 Å². The highest BCUT2D eigenvalue weighted by Crippen LogP contribution is 2.57. The van der Waals surface area contributed by atoms with Gasteiger partial charge in [-0.15, -0.1) is 0 Å². The van der Waals surface area contributed by atoms with Crippen LogP contribution in [0.3, 0.4) is 0 Å². The molecule has 3 aliphatic rings. The van der Waals surface area contributed by atoms with Crippen LogP contribution in [0.1, 0.15) is 13.8 Å². The summed E-state index contributed by atoms with van der Waals surface area (Å²) in [6.07, 6.45) is 4.26. The fraction of sp³-hybridized carbons (Fsp3) is 0.250. The second-order valence-corrected chi connectivity index (χ2v) is 7.84. The topological polar surface area (TPSA) is 37.4 Å². The first-order valence-electron chi connectivity index (χ1n) is 9.47. The first-order valence-corrected chi connectivity index (χ1v) is 9.47. The first kappa shape index (κ1) is 16.2. The van der Waals surface area contributed by atoms with Gasteiger partial charge in [0, 0.05) is 17.4 Å². The molecule has 1 aliphatic heterocycles. The molecule has 134 valence electrons. The van der Waals surface area contributed by atoms with Crippen molar-refractivity contribution in [3.05, 3.63) is 77.9 Å². The number of rotatable bonds is 2. The average molecular weight is 355 g/mol. The number of hydrogen-bond donors (Lipinski definition) is 0. The maximum atomic E-state index is 13.4. The highest BCUT2D eigenvalue weighted by Gasteiger charge is 2.62. The van der Waals surface area contributed by atoms with E-state index in [-0.39, 0.29) is 35.5 Å². The number of allylic oxidation sites excluding steroid dienone is 4. The van der Waals surface area contributed by atoms with Crippen LogP contribution in [-0.4, -0.2) is 11.8 Å². The van der Waals surface area contributed by atoms with Gasteiger partial charge < -0.3 is 0 Å². The summed E-state index contributed by atoms with van der Waals surface area (Å²) in [7, 11) is 0. The standard InChI is InChI=1S/C24H21NO2/c1-14(2)20-17-12-13-18(20)22-21(17)23(26)25(24(22)27)19-11-7-6-10-16(19)15-8-4-3-5-9-15/h3-13,17-18,21-22H,1-2H3/t17-,18+,21-,22-/m0/s1. The number of imide groups is 1. The average Bonchev–Trinajstić information content (AvgIpc) is 3.32. The molecule has 1 heterocycles. The number of para-hydroxylation sites is 1. The SMILES string of the molecule is CC(C)=C1[C@H]2C=C[C@@H]1[C@@H]1C(=O)N(c3ccccc3-c3ccccc3)C(=O)[C@H]12. The first-order chi connectivity index (χ1) is 13.1. The van der Waals surface area contributed by atoms with E-state index in [2.05, 4.69) is 26.0 Å². The molecule has 5 rings (SSSR count). The van der Waals surface area contributed by atoms with Crippen LogP contribution in [0.2, 0.25) is 0 Å². The van der Waals surface area contributed by atoms with Gasteiger partial charge >= 0.3 is 0 Å². The van der Waals surface area contributed by atoms with Crippen molar-refractivity contribution in [1.29, 1.82) is 0 Å². The minimum absolute atomic E-state index is 0.0519. The molecular formula is C24H21NO2. The maximum absolute atomic E-state index is 13.4. The Morgan fingerprint density at radius 2 is 1.33 bits per heavy atom. The van der Waals surface area contributed by atoms with Crippen molar-refractivity contribution in [1.82, 2.24) is 0 Å². The smallest absolute Gasteiger partial charge is 0.238 e. The van der Waals surface area contributed by atoms with Gasteiger partial charge in [0.1, 0.15) is 0 Å². The molecule has 2 aromatic carbocycles. The van der Waals surface area contributed by atoms with Crippen molar-refractivity contribution in [3.63, 3.8) is 0 Å². The minimum atomic E-state index is -0.249. The summed E-state index contributed by atoms with van der Waals surface area (Å²) < 4.78 is 0. The van der Waals surface area contributed by atoms with Crippen molar-refractivity contribution >= 4 is 17.5 Å². The highest BCUT2D eigenvalue weighted by atomic mass is 16.2. The Kier molecular flexibility index (Phi) is 3.48. The predicted octanol–water partition coefficient (Wildman–Crippen LogP) is 4.61. The van der Waals surface area contributed by atoms with Crippen LogP contribution in [0.5, 0.6) is 0 Å². The monoisotopic (exact) mass is 355 g/mol. The number of benzene rings is 2. The van der Waals surface area contributed by atoms with Crippen LogP contribution >= 0.6 is 0 Å². The molecule has 2 amide bonds. The van der Waals surface area contributed by atoms with Gasteiger partial charge in [-0.3, -0.25) is 9.59 Å². The summed E-state index contributed by atoms with van der Waals surface area (Å²) in [5.74, 6) is -0.443. The zero-order valence-electron chi connectivity index (χ0n) is 15.4. The fourth-order valence-electron chi connectivity index (χ4n) is 5.20. The van der Waals surface area contributed by atoms with Crippen molar-refractivity contribution in [2.24, 2.45) is 23.7 Å². The number of anilines is 1. The lowest BCUT2D eigenvalue weighted by atomic mass is 9.85. The van der Waals surface area contributed by atoms with E-state index in [1.165, 1.54) is 16.0 Å². The number of amides is 2. The molecule has 0 radical (unpaired) electrons. The lowest BCUT2D eigenvalue weighted by Gasteiger charge is -2.22. The summed E-state index contributed by atoms with van der Waals surface area (Å²) in [6.45, 7) is 4.17. The van der Waals surface area contributed by atoms with Crippen molar-refractivity contribution in [2.75, 3.05) is 4.90 Å². The molecule has 3 heteroatoms. The molecular weight excluding hydrogens is 334 g/mol. The maximum Gasteiger partial charge on any atom is 0.238 e. The second kappa shape index (κ2) is 5.78. The molecule has 2 bridgehead atoms. The summed E-state index contributed by atoms with van der Waals surface area (Å²) in [6, 6.07) is 17.6. The Labute approximate surface area is 159 Å². The van der Waals surface area contributed by atoms with Gasteiger partial charge in [0.2, 0.25) is 11.8 Å². The molecule has 1 saturated carbocycles. The van der Waals surface area contributed by atoms with Crippen molar-refractivity contribution in [2.45, 2.75) is 13.8 Å². The summed E-state index contributed by atoms with van der Waals surface area (Å²) in [5.41, 5.74) is 5.15. The normalized spacial score (nSPS) is 28.2. The fourth-order valence-corrected chi connectivity index (χ4v) is 5.20. The van der Waals surface area contributed by atoms with Gasteiger partial charge in [0.05, 0.1) is 17.5 Å². The number of hydrogen-bond acceptors (Lipinski definition) is 2. The third-order valence-corrected chi connectivity index (χ3v) is 6.22. The Morgan fingerprint density at radius 3 is 1.93 bits per heavy atom. The molecule has 0 spiro atoms. The van der Waals surface area contributed by atoms with E-state index in [4.69, 9.17) is 0 Å². The molecule has 27 heavy (non-hydrogen) atoms. The van der Waals surface area contributed by atoms with E-state index < -0.39 is 0 Å². The predicted molar refractivity (Wildman–Crippen MR) is 106 cm³/mol. The molecule has 4 atom stereocenters. The van der Waals surface area contributed by atoms with E-state index in [9.17, 15) is 9.59 Å². The van der Waals surface area contributed by atoms with E-state index in [1.54, 1.807) is 0 Å². The Bertz CT molecular complexity index is 980. The lowest BCUT2D eigenvalue weighted by molar-refractivity contribution is -0.122. The number of carbonyl (C=O) groups is 2. The summed E-state index contributed by atoms with van der Waals surface area (Å²) >= 11 is 0. The zero-order valence-corrected chi connectivity index (χ0v) is 15.4. The molecule has 1 saturated heterocycles. The number of nitrogens with zero attached hydrogens (tertiary/aromatic N) is 1. The van der Waals surface area contributed by atoms with Crippen LogP contribution in [0, 0.1) is 23.7 Å². The molecule has 3 nitrogen and oxygen atoms in total. The van der Waals surface area contributed by atoms with Gasteiger partial charge in [0.15, 0.2) is 0 Å². The zero-order chi connectivity index (χ0) is 18.7. The molecule has 0 aromatic heterocycles. The Balaban J connectivity index is 1.60. The van der Waals surface area contributed by atoms with Gasteiger partial charge in [-0.25, -0.2) is 4.90 Å². The van der Waals surface area contributed by atoms with E-state index in [1.807, 2.05) is 54.6 Å². The second-order valence-electron chi connectivity index (χ2n) is 7.84. The van der Waals surface area contributed by atoms with Gasteiger partial charge in [0.25, 0.3) is 0 Å². The van der Waals surface area contributed by atoms with Crippen LogP contribution in [0.4, 0.5) is 5.69 Å². The van der Waals surface area contributed by atoms with E-state index >= 15 is 0 Å². The third kappa shape index (κ3) is 2.14. The minimum Gasteiger partial charge on any atom is -0.274 e. The third-order valence-electron chi connectivity index (χ3n) is 6.22. The van der Waals surface area contributed by atoms with E-state index in [0.717, 1.165) is 11.1 Å². The van der Waals surface area contributed by atoms with Crippen molar-refractivity contribution in [3.8, 4) is 11.1 Å². The molecule has 2 fully saturated rings. The Hall–Kier alpha value is -2.94. The largest absolute Gasteiger partial charge is 0.274 e. The summed E-state index contributed by atoms with van der Waals surface area (Å²) in [5, 5.41) is 0. The van der Waals surface area contributed by atoms with Crippen LogP contribution in [0.25, 0.3) is 11.1 Å². The van der Waals surface area contributed by atoms with E-state index in [0.29, 0.717) is 5.69 Å². The van der Waals surface area contributed by atoms with Crippen LogP contribution < -0.4 is 4.90 Å². The summed E-state index contributed by atoms with van der Waals surface area (Å²) in [4.78, 5) is 28.2. The Morgan fingerprint density at radius 1 is 0.778 bits per heavy atom.